The van der Waals surface area contributed by atoms with E-state index in [4.69, 9.17) is 0 Å². The van der Waals surface area contributed by atoms with Crippen molar-refractivity contribution in [2.75, 3.05) is 27.2 Å². The zero-order valence-electron chi connectivity index (χ0n) is 23.7. The molecular formula is C32H43N3O4. The van der Waals surface area contributed by atoms with E-state index >= 15 is 0 Å². The molecule has 210 valence electrons. The summed E-state index contributed by atoms with van der Waals surface area (Å²) < 4.78 is 1.53. The molecule has 3 fully saturated rings. The van der Waals surface area contributed by atoms with Gasteiger partial charge < -0.3 is 19.5 Å². The van der Waals surface area contributed by atoms with Crippen LogP contribution in [0.2, 0.25) is 0 Å². The molecule has 7 nitrogen and oxygen atoms in total. The number of likely N-dealkylation sites (tertiary alicyclic amines) is 1. The average Bonchev–Trinajstić information content (AvgIpc) is 3.38. The van der Waals surface area contributed by atoms with Gasteiger partial charge in [0.1, 0.15) is 0 Å². The van der Waals surface area contributed by atoms with Gasteiger partial charge in [0.25, 0.3) is 11.5 Å². The Labute approximate surface area is 231 Å². The van der Waals surface area contributed by atoms with Gasteiger partial charge in [-0.15, -0.1) is 0 Å². The lowest BCUT2D eigenvalue weighted by atomic mass is 9.65. The Morgan fingerprint density at radius 2 is 1.77 bits per heavy atom. The number of rotatable bonds is 7. The van der Waals surface area contributed by atoms with Crippen molar-refractivity contribution in [3.8, 4) is 11.1 Å². The van der Waals surface area contributed by atoms with E-state index in [2.05, 4.69) is 6.92 Å². The van der Waals surface area contributed by atoms with Crippen molar-refractivity contribution < 1.29 is 14.7 Å². The van der Waals surface area contributed by atoms with Crippen LogP contribution in [-0.2, 0) is 11.3 Å². The van der Waals surface area contributed by atoms with Crippen LogP contribution in [-0.4, -0.2) is 64.1 Å². The van der Waals surface area contributed by atoms with Crippen LogP contribution >= 0.6 is 0 Å². The Morgan fingerprint density at radius 1 is 1.08 bits per heavy atom. The zero-order chi connectivity index (χ0) is 27.8. The summed E-state index contributed by atoms with van der Waals surface area (Å²) in [4.78, 5) is 43.6. The van der Waals surface area contributed by atoms with Gasteiger partial charge in [0.05, 0.1) is 17.7 Å². The van der Waals surface area contributed by atoms with E-state index in [0.717, 1.165) is 37.7 Å². The van der Waals surface area contributed by atoms with Gasteiger partial charge in [-0.25, -0.2) is 0 Å². The van der Waals surface area contributed by atoms with Gasteiger partial charge in [0, 0.05) is 56.3 Å². The van der Waals surface area contributed by atoms with E-state index in [-0.39, 0.29) is 29.8 Å². The molecular weight excluding hydrogens is 490 g/mol. The molecule has 39 heavy (non-hydrogen) atoms. The molecule has 7 heteroatoms. The Kier molecular flexibility index (Phi) is 7.73. The third-order valence-corrected chi connectivity index (χ3v) is 9.76. The maximum absolute atomic E-state index is 13.4. The summed E-state index contributed by atoms with van der Waals surface area (Å²) >= 11 is 0. The molecule has 2 aromatic rings. The molecule has 2 atom stereocenters. The number of carbonyl (C=O) groups is 2. The molecule has 1 aromatic heterocycles. The van der Waals surface area contributed by atoms with E-state index < -0.39 is 11.0 Å². The number of hydrogen-bond donors (Lipinski definition) is 1. The van der Waals surface area contributed by atoms with Gasteiger partial charge >= 0.3 is 0 Å². The predicted octanol–water partition coefficient (Wildman–Crippen LogP) is 4.57. The second kappa shape index (κ2) is 10.9. The van der Waals surface area contributed by atoms with E-state index in [0.29, 0.717) is 36.6 Å². The lowest BCUT2D eigenvalue weighted by Crippen LogP contribution is -2.62. The Hall–Kier alpha value is -2.93. The summed E-state index contributed by atoms with van der Waals surface area (Å²) in [6.45, 7) is 3.21. The highest BCUT2D eigenvalue weighted by Crippen LogP contribution is 2.52. The molecule has 1 spiro atoms. The largest absolute Gasteiger partial charge is 0.387 e. The summed E-state index contributed by atoms with van der Waals surface area (Å²) in [5.41, 5.74) is 0.0272. The SMILES string of the molecule is CC(CC1CCC1)C(=O)N1CC[C@@](O)(Cn2cc(C(=O)N(C)C)c(-c3ccccc3)cc2=O)C2(CCCC2)C1. The van der Waals surface area contributed by atoms with Crippen LogP contribution in [0, 0.1) is 17.3 Å². The van der Waals surface area contributed by atoms with E-state index in [1.54, 1.807) is 20.3 Å². The Balaban J connectivity index is 1.43. The van der Waals surface area contributed by atoms with Gasteiger partial charge in [-0.2, -0.15) is 0 Å². The highest BCUT2D eigenvalue weighted by molar-refractivity contribution is 6.00. The van der Waals surface area contributed by atoms with E-state index in [9.17, 15) is 19.5 Å². The molecule has 1 aromatic carbocycles. The number of piperidine rings is 1. The zero-order valence-corrected chi connectivity index (χ0v) is 23.7. The fraction of sp³-hybridized carbons (Fsp3) is 0.594. The third-order valence-electron chi connectivity index (χ3n) is 9.76. The first-order valence-corrected chi connectivity index (χ1v) is 14.7. The molecule has 2 heterocycles. The first-order chi connectivity index (χ1) is 18.6. The smallest absolute Gasteiger partial charge is 0.255 e. The van der Waals surface area contributed by atoms with Crippen molar-refractivity contribution in [2.45, 2.75) is 76.9 Å². The summed E-state index contributed by atoms with van der Waals surface area (Å²) in [5.74, 6) is 0.702. The number of benzene rings is 1. The van der Waals surface area contributed by atoms with Crippen LogP contribution in [0.1, 0.15) is 75.1 Å². The Morgan fingerprint density at radius 3 is 2.38 bits per heavy atom. The molecule has 1 N–H and O–H groups in total. The second-order valence-corrected chi connectivity index (χ2v) is 12.6. The molecule has 2 amide bonds. The molecule has 3 aliphatic rings. The quantitative estimate of drug-likeness (QED) is 0.565. The average molecular weight is 534 g/mol. The van der Waals surface area contributed by atoms with Crippen LogP contribution in [0.25, 0.3) is 11.1 Å². The number of pyridine rings is 1. The maximum atomic E-state index is 13.4. The number of nitrogens with zero attached hydrogens (tertiary/aromatic N) is 3. The normalized spacial score (nSPS) is 23.4. The summed E-state index contributed by atoms with van der Waals surface area (Å²) in [5, 5.41) is 12.3. The Bertz CT molecular complexity index is 1260. The van der Waals surface area contributed by atoms with E-state index in [1.165, 1.54) is 34.8 Å². The maximum Gasteiger partial charge on any atom is 0.255 e. The lowest BCUT2D eigenvalue weighted by Gasteiger charge is -2.53. The molecule has 0 bridgehead atoms. The molecule has 5 rings (SSSR count). The fourth-order valence-electron chi connectivity index (χ4n) is 7.17. The standard InChI is InChI=1S/C32H43N3O4/c1-23(18-24-10-9-11-24)29(37)34-17-16-32(39,31(21-34)14-7-8-15-31)22-35-20-27(30(38)33(2)3)26(19-28(35)36)25-12-5-4-6-13-25/h4-6,12-13,19-20,23-24,39H,7-11,14-18,21-22H2,1-3H3/t23?,32-/m1/s1. The van der Waals surface area contributed by atoms with Gasteiger partial charge in [-0.3, -0.25) is 14.4 Å². The van der Waals surface area contributed by atoms with Gasteiger partial charge in [-0.1, -0.05) is 69.4 Å². The summed E-state index contributed by atoms with van der Waals surface area (Å²) in [6, 6.07) is 11.0. The number of amides is 2. The van der Waals surface area contributed by atoms with Gasteiger partial charge in [0.2, 0.25) is 5.91 Å². The van der Waals surface area contributed by atoms with Crippen molar-refractivity contribution in [1.82, 2.24) is 14.4 Å². The first kappa shape index (κ1) is 27.6. The van der Waals surface area contributed by atoms with Crippen LogP contribution in [0.15, 0.2) is 47.4 Å². The predicted molar refractivity (Wildman–Crippen MR) is 152 cm³/mol. The van der Waals surface area contributed by atoms with Crippen molar-refractivity contribution in [1.29, 1.82) is 0 Å². The van der Waals surface area contributed by atoms with Gasteiger partial charge in [0.15, 0.2) is 0 Å². The third kappa shape index (κ3) is 5.30. The fourth-order valence-corrected chi connectivity index (χ4v) is 7.17. The monoisotopic (exact) mass is 533 g/mol. The lowest BCUT2D eigenvalue weighted by molar-refractivity contribution is -0.163. The van der Waals surface area contributed by atoms with Crippen LogP contribution in [0.4, 0.5) is 0 Å². The number of aromatic nitrogens is 1. The van der Waals surface area contributed by atoms with E-state index in [1.807, 2.05) is 35.2 Å². The van der Waals surface area contributed by atoms with Crippen LogP contribution in [0.5, 0.6) is 0 Å². The highest BCUT2D eigenvalue weighted by Gasteiger charge is 2.55. The minimum Gasteiger partial charge on any atom is -0.387 e. The first-order valence-electron chi connectivity index (χ1n) is 14.7. The molecule has 1 saturated heterocycles. The van der Waals surface area contributed by atoms with Crippen LogP contribution < -0.4 is 5.56 Å². The topological polar surface area (TPSA) is 82.8 Å². The van der Waals surface area contributed by atoms with Crippen molar-refractivity contribution >= 4 is 11.8 Å². The van der Waals surface area contributed by atoms with Crippen molar-refractivity contribution in [2.24, 2.45) is 17.3 Å². The second-order valence-electron chi connectivity index (χ2n) is 12.6. The van der Waals surface area contributed by atoms with Crippen LogP contribution in [0.3, 0.4) is 0 Å². The van der Waals surface area contributed by atoms with Crippen molar-refractivity contribution in [3.63, 3.8) is 0 Å². The molecule has 2 aliphatic carbocycles. The van der Waals surface area contributed by atoms with Crippen molar-refractivity contribution in [3.05, 3.63) is 58.5 Å². The summed E-state index contributed by atoms with van der Waals surface area (Å²) in [7, 11) is 3.40. The molecule has 1 unspecified atom stereocenters. The minimum absolute atomic E-state index is 0.00713. The molecule has 2 saturated carbocycles. The summed E-state index contributed by atoms with van der Waals surface area (Å²) in [6.07, 6.45) is 10.5. The minimum atomic E-state index is -1.13. The molecule has 0 radical (unpaired) electrons. The molecule has 1 aliphatic heterocycles. The van der Waals surface area contributed by atoms with Gasteiger partial charge in [-0.05, 0) is 37.2 Å². The highest BCUT2D eigenvalue weighted by atomic mass is 16.3. The number of hydrogen-bond acceptors (Lipinski definition) is 4. The number of carbonyl (C=O) groups excluding carboxylic acids is 2. The number of aliphatic hydroxyl groups is 1.